The smallest absolute Gasteiger partial charge is 0.187 e. The van der Waals surface area contributed by atoms with E-state index in [-0.39, 0.29) is 43.6 Å². The van der Waals surface area contributed by atoms with Crippen molar-refractivity contribution in [2.75, 3.05) is 33.5 Å². The zero-order valence-electron chi connectivity index (χ0n) is 47.5. The summed E-state index contributed by atoms with van der Waals surface area (Å²) in [6.07, 6.45) is -30.4. The van der Waals surface area contributed by atoms with Gasteiger partial charge in [0.05, 0.1) is 50.3 Å². The predicted octanol–water partition coefficient (Wildman–Crippen LogP) is -2.08. The van der Waals surface area contributed by atoms with Crippen molar-refractivity contribution in [3.8, 4) is 0 Å². The standard InChI is InChI=1S/C55H94O25/c1-23(2)26(80-70)11-15-53(7,79-48-43(69)39(65)37(63)29(76-48)22-73-46-41(67)34(60)25(59)21-72-46)31-13-16-54(8)52(6)14-12-30-50(3,4)45(24(58)18-51(30,5)32(52)17-33(71-10)55(31,54)9)78-49-44(40(66)36(62)28(20-57)75-49)77-47-42(68)38(64)35(61)27(19-56)74-47/h24-49,56-70H,1,11-22H2,2-10H3/t24-,25-,26?,27-,28-,29-,30?,31-,32?,33-,34+,35-,36-,37-,38+,39+,40+,41-,42-,43-,44-,45+,46+,47+,48+,49+,51+,52-,53?,54+,55+/m1/s1. The molecule has 0 bridgehead atoms. The molecular formula is C55H94O25. The van der Waals surface area contributed by atoms with E-state index >= 15 is 0 Å². The molecule has 0 amide bonds. The van der Waals surface area contributed by atoms with E-state index in [9.17, 15) is 76.7 Å². The Hall–Kier alpha value is -1.26. The number of methoxy groups -OCH3 is 1. The molecule has 4 aliphatic carbocycles. The summed E-state index contributed by atoms with van der Waals surface area (Å²) in [5.41, 5.74) is -3.78. The van der Waals surface area contributed by atoms with Gasteiger partial charge in [0.2, 0.25) is 0 Å². The third-order valence-corrected chi connectivity index (χ3v) is 21.9. The van der Waals surface area contributed by atoms with E-state index in [2.05, 4.69) is 34.3 Å². The van der Waals surface area contributed by atoms with Crippen LogP contribution in [-0.2, 0) is 47.5 Å². The average Bonchev–Trinajstić information content (AvgIpc) is 3.89. The Labute approximate surface area is 467 Å². The molecule has 80 heavy (non-hydrogen) atoms. The first kappa shape index (κ1) is 64.7. The Kier molecular flexibility index (Phi) is 19.5. The van der Waals surface area contributed by atoms with Crippen LogP contribution in [0.15, 0.2) is 12.2 Å². The van der Waals surface area contributed by atoms with Gasteiger partial charge in [-0.1, -0.05) is 48.1 Å². The van der Waals surface area contributed by atoms with Crippen molar-refractivity contribution in [2.45, 2.75) is 253 Å². The maximum Gasteiger partial charge on any atom is 0.187 e. The van der Waals surface area contributed by atoms with Gasteiger partial charge in [-0.15, -0.1) is 0 Å². The van der Waals surface area contributed by atoms with Gasteiger partial charge >= 0.3 is 0 Å². The van der Waals surface area contributed by atoms with Crippen molar-refractivity contribution in [2.24, 2.45) is 44.8 Å². The highest BCUT2D eigenvalue weighted by Gasteiger charge is 2.77. The number of aliphatic hydroxyl groups is 14. The zero-order valence-corrected chi connectivity index (χ0v) is 47.5. The predicted molar refractivity (Wildman–Crippen MR) is 274 cm³/mol. The number of aliphatic hydroxyl groups excluding tert-OH is 14. The molecule has 8 aliphatic rings. The van der Waals surface area contributed by atoms with Gasteiger partial charge in [0, 0.05) is 12.5 Å². The van der Waals surface area contributed by atoms with E-state index in [1.165, 1.54) is 0 Å². The molecule has 0 aromatic carbocycles. The van der Waals surface area contributed by atoms with E-state index < -0.39 is 194 Å². The van der Waals surface area contributed by atoms with Crippen LogP contribution in [0.1, 0.15) is 107 Å². The average molecular weight is 1160 g/mol. The molecule has 0 aromatic heterocycles. The van der Waals surface area contributed by atoms with Crippen molar-refractivity contribution in [3.05, 3.63) is 12.2 Å². The number of hydrogen-bond donors (Lipinski definition) is 15. The molecule has 4 heterocycles. The lowest BCUT2D eigenvalue weighted by atomic mass is 9.32. The van der Waals surface area contributed by atoms with E-state index in [0.29, 0.717) is 31.3 Å². The van der Waals surface area contributed by atoms with Gasteiger partial charge in [0.15, 0.2) is 25.2 Å². The molecule has 0 aromatic rings. The fourth-order valence-corrected chi connectivity index (χ4v) is 17.2. The summed E-state index contributed by atoms with van der Waals surface area (Å²) in [6, 6.07) is 0. The van der Waals surface area contributed by atoms with Crippen LogP contribution in [0.25, 0.3) is 0 Å². The molecule has 4 aliphatic heterocycles. The SMILES string of the molecule is C=C(C)C(CCC(C)(O[C@@H]1O[C@H](CO[C@@H]2OC[C@@H](O)[C@H](O)[C@H]2O)[C@@H](O)[C@H](O)[C@H]1O)[C@H]1CC[C@]2(C)[C@]1(C)[C@H](OC)CC1[C@@]3(C)C[C@@H](O)[C@H](O[C@@H]4O[C@H](CO)[C@@H](O)[C@H](O)[C@H]4O[C@@H]4O[C@H](CO)[C@@H](O)[C@H](O)[C@H]4O)C(C)(C)C3CC[C@]12C)OO. The minimum Gasteiger partial charge on any atom is -0.394 e. The number of rotatable bonds is 18. The van der Waals surface area contributed by atoms with Crippen molar-refractivity contribution < 1.29 is 124 Å². The van der Waals surface area contributed by atoms with Crippen LogP contribution in [-0.4, -0.2) is 257 Å². The summed E-state index contributed by atoms with van der Waals surface area (Å²) in [4.78, 5) is 4.90. The highest BCUT2D eigenvalue weighted by Crippen LogP contribution is 2.80. The first-order chi connectivity index (χ1) is 37.4. The van der Waals surface area contributed by atoms with Crippen LogP contribution >= 0.6 is 0 Å². The topological polar surface area (TPSA) is 396 Å². The molecule has 4 unspecified atom stereocenters. The fourth-order valence-electron chi connectivity index (χ4n) is 17.2. The van der Waals surface area contributed by atoms with E-state index in [1.807, 2.05) is 20.8 Å². The Morgan fingerprint density at radius 1 is 0.662 bits per heavy atom. The molecule has 464 valence electrons. The summed E-state index contributed by atoms with van der Waals surface area (Å²) in [5.74, 6) is -0.572. The highest BCUT2D eigenvalue weighted by atomic mass is 17.1. The molecule has 4 saturated carbocycles. The van der Waals surface area contributed by atoms with Gasteiger partial charge in [-0.25, -0.2) is 4.89 Å². The van der Waals surface area contributed by atoms with Gasteiger partial charge in [-0.2, -0.15) is 0 Å². The molecule has 0 radical (unpaired) electrons. The molecule has 31 atom stereocenters. The van der Waals surface area contributed by atoms with E-state index in [1.54, 1.807) is 14.0 Å². The van der Waals surface area contributed by atoms with Crippen LogP contribution in [0.5, 0.6) is 0 Å². The molecule has 8 fully saturated rings. The van der Waals surface area contributed by atoms with Crippen LogP contribution < -0.4 is 0 Å². The second-order valence-corrected chi connectivity index (χ2v) is 26.4. The maximum absolute atomic E-state index is 12.6. The third-order valence-electron chi connectivity index (χ3n) is 21.9. The quantitative estimate of drug-likeness (QED) is 0.0303. The Bertz CT molecular complexity index is 2090. The minimum atomic E-state index is -1.88. The van der Waals surface area contributed by atoms with Gasteiger partial charge in [0.1, 0.15) is 97.7 Å². The van der Waals surface area contributed by atoms with Gasteiger partial charge in [-0.3, -0.25) is 5.26 Å². The Morgan fingerprint density at radius 3 is 1.84 bits per heavy atom. The summed E-state index contributed by atoms with van der Waals surface area (Å²) >= 11 is 0. The van der Waals surface area contributed by atoms with E-state index in [0.717, 1.165) is 6.42 Å². The zero-order chi connectivity index (χ0) is 59.1. The molecule has 0 spiro atoms. The van der Waals surface area contributed by atoms with Crippen LogP contribution in [0.2, 0.25) is 0 Å². The van der Waals surface area contributed by atoms with Gasteiger partial charge < -0.3 is 114 Å². The Morgan fingerprint density at radius 2 is 1.24 bits per heavy atom. The van der Waals surface area contributed by atoms with Crippen molar-refractivity contribution in [1.29, 1.82) is 0 Å². The first-order valence-corrected chi connectivity index (χ1v) is 28.4. The summed E-state index contributed by atoms with van der Waals surface area (Å²) < 4.78 is 55.5. The largest absolute Gasteiger partial charge is 0.394 e. The van der Waals surface area contributed by atoms with E-state index in [4.69, 9.17) is 47.5 Å². The van der Waals surface area contributed by atoms with Crippen molar-refractivity contribution in [1.82, 2.24) is 0 Å². The first-order valence-electron chi connectivity index (χ1n) is 28.4. The molecule has 25 heteroatoms. The molecule has 4 saturated heterocycles. The lowest BCUT2D eigenvalue weighted by molar-refractivity contribution is -0.384. The molecule has 15 N–H and O–H groups in total. The number of fused-ring (bicyclic) bond motifs is 5. The summed E-state index contributed by atoms with van der Waals surface area (Å²) in [6.45, 7) is 18.4. The van der Waals surface area contributed by atoms with Crippen molar-refractivity contribution >= 4 is 0 Å². The second-order valence-electron chi connectivity index (χ2n) is 26.4. The van der Waals surface area contributed by atoms with Crippen LogP contribution in [0.3, 0.4) is 0 Å². The maximum atomic E-state index is 12.6. The number of hydrogen-bond acceptors (Lipinski definition) is 25. The van der Waals surface area contributed by atoms with Crippen molar-refractivity contribution in [3.63, 3.8) is 0 Å². The van der Waals surface area contributed by atoms with Crippen LogP contribution in [0, 0.1) is 44.8 Å². The monoisotopic (exact) mass is 1150 g/mol. The minimum absolute atomic E-state index is 0.0750. The lowest BCUT2D eigenvalue weighted by Crippen LogP contribution is -2.72. The molecular weight excluding hydrogens is 1060 g/mol. The lowest BCUT2D eigenvalue weighted by Gasteiger charge is -2.73. The number of ether oxygens (including phenoxy) is 9. The van der Waals surface area contributed by atoms with Gasteiger partial charge in [-0.05, 0) is 110 Å². The fraction of sp³-hybridized carbons (Fsp3) is 0.964. The normalized spacial score (nSPS) is 52.5. The second kappa shape index (κ2) is 24.1. The summed E-state index contributed by atoms with van der Waals surface area (Å²) in [7, 11) is 1.68. The molecule has 8 rings (SSSR count). The highest BCUT2D eigenvalue weighted by molar-refractivity contribution is 5.25. The molecule has 25 nitrogen and oxygen atoms in total. The van der Waals surface area contributed by atoms with Crippen LogP contribution in [0.4, 0.5) is 0 Å². The summed E-state index contributed by atoms with van der Waals surface area (Å²) in [5, 5.41) is 162. The Balaban J connectivity index is 1.07. The van der Waals surface area contributed by atoms with Gasteiger partial charge in [0.25, 0.3) is 0 Å². The third kappa shape index (κ3) is 10.7.